The Morgan fingerprint density at radius 1 is 1.08 bits per heavy atom. The molecule has 2 N–H and O–H groups in total. The van der Waals surface area contributed by atoms with Gasteiger partial charge in [0, 0.05) is 25.4 Å². The minimum atomic E-state index is 0.526. The third-order valence-electron chi connectivity index (χ3n) is 3.74. The summed E-state index contributed by atoms with van der Waals surface area (Å²) in [6.45, 7) is 3.77. The van der Waals surface area contributed by atoms with Gasteiger partial charge >= 0.3 is 0 Å². The molecule has 0 aliphatic heterocycles. The second-order valence-electron chi connectivity index (χ2n) is 5.37. The molecule has 0 bridgehead atoms. The first-order chi connectivity index (χ1) is 12.3. The summed E-state index contributed by atoms with van der Waals surface area (Å²) in [7, 11) is 1.74. The lowest BCUT2D eigenvalue weighted by Crippen LogP contribution is -2.36. The Morgan fingerprint density at radius 2 is 1.88 bits per heavy atom. The van der Waals surface area contributed by atoms with E-state index in [-0.39, 0.29) is 0 Å². The van der Waals surface area contributed by atoms with Crippen molar-refractivity contribution in [2.24, 2.45) is 4.99 Å². The van der Waals surface area contributed by atoms with E-state index in [2.05, 4.69) is 25.8 Å². The van der Waals surface area contributed by atoms with Crippen molar-refractivity contribution in [3.63, 3.8) is 0 Å². The highest BCUT2D eigenvalue weighted by Crippen LogP contribution is 2.17. The topological polar surface area (TPSA) is 75.8 Å². The molecule has 1 aromatic carbocycles. The number of benzene rings is 1. The van der Waals surface area contributed by atoms with Crippen LogP contribution in [0, 0.1) is 0 Å². The van der Waals surface area contributed by atoms with Gasteiger partial charge in [0.25, 0.3) is 0 Å². The molecule has 0 saturated carbocycles. The van der Waals surface area contributed by atoms with Crippen LogP contribution >= 0.6 is 0 Å². The van der Waals surface area contributed by atoms with Crippen LogP contribution < -0.4 is 15.4 Å². The lowest BCUT2D eigenvalue weighted by Gasteiger charge is -2.14. The van der Waals surface area contributed by atoms with Gasteiger partial charge in [-0.25, -0.2) is 0 Å². The van der Waals surface area contributed by atoms with Gasteiger partial charge in [0.15, 0.2) is 17.4 Å². The summed E-state index contributed by atoms with van der Waals surface area (Å²) in [6, 6.07) is 13.8. The van der Waals surface area contributed by atoms with Crippen LogP contribution in [0.15, 0.2) is 53.7 Å². The maximum atomic E-state index is 5.65. The van der Waals surface area contributed by atoms with Gasteiger partial charge in [-0.15, -0.1) is 10.2 Å². The van der Waals surface area contributed by atoms with Crippen LogP contribution in [0.3, 0.4) is 0 Å². The standard InChI is InChI=1S/C18H22N6O/c1-3-25-15-9-5-4-8-14(15)12-20-18(19-2)21-13-17-23-22-16-10-6-7-11-24(16)17/h4-11H,3,12-13H2,1-2H3,(H2,19,20,21). The Hall–Kier alpha value is -3.09. The van der Waals surface area contributed by atoms with Crippen molar-refractivity contribution < 1.29 is 4.74 Å². The fourth-order valence-electron chi connectivity index (χ4n) is 2.52. The number of fused-ring (bicyclic) bond motifs is 1. The summed E-state index contributed by atoms with van der Waals surface area (Å²) < 4.78 is 7.60. The smallest absolute Gasteiger partial charge is 0.191 e. The van der Waals surface area contributed by atoms with Crippen LogP contribution in [0.2, 0.25) is 0 Å². The Labute approximate surface area is 146 Å². The Morgan fingerprint density at radius 3 is 2.72 bits per heavy atom. The molecule has 130 valence electrons. The van der Waals surface area contributed by atoms with Crippen LogP contribution in [-0.4, -0.2) is 34.2 Å². The average Bonchev–Trinajstić information content (AvgIpc) is 3.06. The summed E-state index contributed by atoms with van der Waals surface area (Å²) in [5.74, 6) is 2.41. The number of nitrogens with one attached hydrogen (secondary N) is 2. The Bertz CT molecular complexity index is 857. The summed E-state index contributed by atoms with van der Waals surface area (Å²) in [5.41, 5.74) is 1.91. The maximum absolute atomic E-state index is 5.65. The number of hydrogen-bond donors (Lipinski definition) is 2. The first-order valence-corrected chi connectivity index (χ1v) is 8.25. The van der Waals surface area contributed by atoms with E-state index >= 15 is 0 Å². The fraction of sp³-hybridized carbons (Fsp3) is 0.278. The van der Waals surface area contributed by atoms with Gasteiger partial charge in [-0.1, -0.05) is 24.3 Å². The zero-order valence-corrected chi connectivity index (χ0v) is 14.4. The molecule has 0 fully saturated rings. The second-order valence-corrected chi connectivity index (χ2v) is 5.37. The zero-order valence-electron chi connectivity index (χ0n) is 14.4. The number of para-hydroxylation sites is 1. The van der Waals surface area contributed by atoms with E-state index in [0.717, 1.165) is 22.8 Å². The summed E-state index contributed by atoms with van der Waals surface area (Å²) >= 11 is 0. The molecule has 0 amide bonds. The van der Waals surface area contributed by atoms with Crippen molar-refractivity contribution in [3.8, 4) is 5.75 Å². The number of ether oxygens (including phenoxy) is 1. The molecule has 7 nitrogen and oxygen atoms in total. The number of aromatic nitrogens is 3. The normalized spacial score (nSPS) is 11.5. The summed E-state index contributed by atoms with van der Waals surface area (Å²) in [4.78, 5) is 4.25. The van der Waals surface area contributed by atoms with Gasteiger partial charge in [-0.05, 0) is 25.1 Å². The van der Waals surface area contributed by atoms with Crippen molar-refractivity contribution >= 4 is 11.6 Å². The lowest BCUT2D eigenvalue weighted by atomic mass is 10.2. The largest absolute Gasteiger partial charge is 0.494 e. The van der Waals surface area contributed by atoms with Crippen molar-refractivity contribution in [2.45, 2.75) is 20.0 Å². The molecule has 2 aromatic heterocycles. The third kappa shape index (κ3) is 4.06. The monoisotopic (exact) mass is 338 g/mol. The number of pyridine rings is 1. The van der Waals surface area contributed by atoms with Gasteiger partial charge in [0.2, 0.25) is 0 Å². The summed E-state index contributed by atoms with van der Waals surface area (Å²) in [6.07, 6.45) is 1.95. The van der Waals surface area contributed by atoms with Crippen LogP contribution in [0.4, 0.5) is 0 Å². The van der Waals surface area contributed by atoms with E-state index in [0.29, 0.717) is 25.7 Å². The predicted octanol–water partition coefficient (Wildman–Crippen LogP) is 1.99. The first-order valence-electron chi connectivity index (χ1n) is 8.25. The van der Waals surface area contributed by atoms with E-state index in [1.165, 1.54) is 0 Å². The molecule has 2 heterocycles. The predicted molar refractivity (Wildman–Crippen MR) is 97.6 cm³/mol. The number of guanidine groups is 1. The minimum absolute atomic E-state index is 0.526. The van der Waals surface area contributed by atoms with E-state index in [9.17, 15) is 0 Å². The molecule has 0 atom stereocenters. The second kappa shape index (κ2) is 8.14. The molecule has 3 aromatic rings. The Balaban J connectivity index is 1.60. The van der Waals surface area contributed by atoms with E-state index < -0.39 is 0 Å². The van der Waals surface area contributed by atoms with Gasteiger partial charge in [-0.3, -0.25) is 9.39 Å². The van der Waals surface area contributed by atoms with Crippen molar-refractivity contribution in [1.82, 2.24) is 25.2 Å². The van der Waals surface area contributed by atoms with Crippen molar-refractivity contribution in [2.75, 3.05) is 13.7 Å². The SMILES string of the molecule is CCOc1ccccc1CNC(=NC)NCc1nnc2ccccn12. The van der Waals surface area contributed by atoms with Crippen LogP contribution in [-0.2, 0) is 13.1 Å². The Kier molecular flexibility index (Phi) is 5.46. The van der Waals surface area contributed by atoms with Gasteiger partial charge in [0.05, 0.1) is 13.2 Å². The van der Waals surface area contributed by atoms with Crippen molar-refractivity contribution in [3.05, 3.63) is 60.0 Å². The van der Waals surface area contributed by atoms with E-state index in [1.54, 1.807) is 7.05 Å². The fourth-order valence-corrected chi connectivity index (χ4v) is 2.52. The first kappa shape index (κ1) is 16.8. The van der Waals surface area contributed by atoms with Gasteiger partial charge in [-0.2, -0.15) is 0 Å². The zero-order chi connectivity index (χ0) is 17.5. The molecular formula is C18H22N6O. The lowest BCUT2D eigenvalue weighted by molar-refractivity contribution is 0.336. The molecule has 0 spiro atoms. The third-order valence-corrected chi connectivity index (χ3v) is 3.74. The van der Waals surface area contributed by atoms with Crippen LogP contribution in [0.25, 0.3) is 5.65 Å². The highest BCUT2D eigenvalue weighted by molar-refractivity contribution is 5.79. The van der Waals surface area contributed by atoms with Crippen LogP contribution in [0.5, 0.6) is 5.75 Å². The molecule has 25 heavy (non-hydrogen) atoms. The maximum Gasteiger partial charge on any atom is 0.191 e. The molecule has 0 saturated heterocycles. The molecule has 0 unspecified atom stereocenters. The molecule has 0 radical (unpaired) electrons. The summed E-state index contributed by atoms with van der Waals surface area (Å²) in [5, 5.41) is 14.9. The van der Waals surface area contributed by atoms with E-state index in [1.807, 2.05) is 60.0 Å². The molecule has 0 aliphatic carbocycles. The van der Waals surface area contributed by atoms with Crippen LogP contribution in [0.1, 0.15) is 18.3 Å². The van der Waals surface area contributed by atoms with Crippen molar-refractivity contribution in [1.29, 1.82) is 0 Å². The highest BCUT2D eigenvalue weighted by atomic mass is 16.5. The number of hydrogen-bond acceptors (Lipinski definition) is 4. The quantitative estimate of drug-likeness (QED) is 0.531. The van der Waals surface area contributed by atoms with Gasteiger partial charge in [0.1, 0.15) is 5.75 Å². The molecule has 7 heteroatoms. The number of rotatable bonds is 6. The number of nitrogens with zero attached hydrogens (tertiary/aromatic N) is 4. The number of aliphatic imine (C=N–C) groups is 1. The average molecular weight is 338 g/mol. The minimum Gasteiger partial charge on any atom is -0.494 e. The van der Waals surface area contributed by atoms with E-state index in [4.69, 9.17) is 4.74 Å². The molecule has 3 rings (SSSR count). The highest BCUT2D eigenvalue weighted by Gasteiger charge is 2.07. The molecule has 0 aliphatic rings. The van der Waals surface area contributed by atoms with Gasteiger partial charge < -0.3 is 15.4 Å². The molecular weight excluding hydrogens is 316 g/mol.